The van der Waals surface area contributed by atoms with E-state index in [-0.39, 0.29) is 16.6 Å². The van der Waals surface area contributed by atoms with Crippen molar-refractivity contribution in [1.82, 2.24) is 9.55 Å². The Labute approximate surface area is 157 Å². The number of rotatable bonds is 2. The molecule has 26 heavy (non-hydrogen) atoms. The van der Waals surface area contributed by atoms with Gasteiger partial charge in [0.15, 0.2) is 0 Å². The second kappa shape index (κ2) is 6.23. The number of allylic oxidation sites excluding steroid dienone is 1. The zero-order valence-electron chi connectivity index (χ0n) is 13.3. The molecule has 4 rings (SSSR count). The molecule has 0 N–H and O–H groups in total. The number of benzene rings is 2. The first-order chi connectivity index (χ1) is 12.4. The Morgan fingerprint density at radius 1 is 1.19 bits per heavy atom. The Bertz CT molecular complexity index is 1170. The summed E-state index contributed by atoms with van der Waals surface area (Å²) in [5.41, 5.74) is 1.70. The zero-order chi connectivity index (χ0) is 18.4. The van der Waals surface area contributed by atoms with Gasteiger partial charge in [0.05, 0.1) is 15.8 Å². The summed E-state index contributed by atoms with van der Waals surface area (Å²) >= 11 is 12.2. The van der Waals surface area contributed by atoms with Gasteiger partial charge in [0.1, 0.15) is 5.82 Å². The molecule has 130 valence electrons. The average Bonchev–Trinajstić information content (AvgIpc) is 3.00. The molecule has 0 spiro atoms. The van der Waals surface area contributed by atoms with Gasteiger partial charge >= 0.3 is 0 Å². The minimum absolute atomic E-state index is 0.126. The molecule has 2 heterocycles. The van der Waals surface area contributed by atoms with E-state index in [1.54, 1.807) is 16.7 Å². The maximum atomic E-state index is 12.7. The first-order valence-corrected chi connectivity index (χ1v) is 8.54. The highest BCUT2D eigenvalue weighted by molar-refractivity contribution is 6.35. The molecular formula is C18H11Cl2N3O3. The molecule has 1 aliphatic heterocycles. The molecule has 0 unspecified atom stereocenters. The summed E-state index contributed by atoms with van der Waals surface area (Å²) in [5, 5.41) is 12.3. The van der Waals surface area contributed by atoms with E-state index < -0.39 is 4.92 Å². The molecule has 0 saturated heterocycles. The fourth-order valence-electron chi connectivity index (χ4n) is 3.06. The lowest BCUT2D eigenvalue weighted by Crippen LogP contribution is -2.20. The molecule has 0 aliphatic carbocycles. The van der Waals surface area contributed by atoms with E-state index in [4.69, 9.17) is 23.2 Å². The van der Waals surface area contributed by atoms with Crippen LogP contribution in [0, 0.1) is 10.1 Å². The Morgan fingerprint density at radius 3 is 2.73 bits per heavy atom. The lowest BCUT2D eigenvalue weighted by Gasteiger charge is -2.06. The highest BCUT2D eigenvalue weighted by atomic mass is 35.5. The third-order valence-corrected chi connectivity index (χ3v) is 4.90. The van der Waals surface area contributed by atoms with Gasteiger partial charge in [-0.1, -0.05) is 29.3 Å². The number of nitrogens with zero attached hydrogens (tertiary/aromatic N) is 3. The number of hydrogen-bond acceptors (Lipinski definition) is 4. The number of nitro benzene ring substituents is 1. The Kier molecular flexibility index (Phi) is 4.01. The molecule has 8 heteroatoms. The highest BCUT2D eigenvalue weighted by Crippen LogP contribution is 2.31. The SMILES string of the molecule is O=c1c2cc([N+](=O)[O-])ccc2nc2n1CC/C2=C/c1ccc(Cl)cc1Cl. The van der Waals surface area contributed by atoms with Crippen LogP contribution in [0.25, 0.3) is 22.6 Å². The molecule has 6 nitrogen and oxygen atoms in total. The van der Waals surface area contributed by atoms with Gasteiger partial charge in [-0.25, -0.2) is 4.98 Å². The molecule has 0 amide bonds. The number of fused-ring (bicyclic) bond motifs is 2. The summed E-state index contributed by atoms with van der Waals surface area (Å²) in [5.74, 6) is 0.558. The minimum Gasteiger partial charge on any atom is -0.292 e. The predicted molar refractivity (Wildman–Crippen MR) is 102 cm³/mol. The Balaban J connectivity index is 1.88. The molecule has 3 aromatic rings. The molecule has 1 aromatic heterocycles. The molecule has 0 atom stereocenters. The highest BCUT2D eigenvalue weighted by Gasteiger charge is 2.22. The van der Waals surface area contributed by atoms with E-state index in [1.807, 2.05) is 12.1 Å². The summed E-state index contributed by atoms with van der Waals surface area (Å²) in [4.78, 5) is 27.7. The summed E-state index contributed by atoms with van der Waals surface area (Å²) in [7, 11) is 0. The quantitative estimate of drug-likeness (QED) is 0.477. The summed E-state index contributed by atoms with van der Waals surface area (Å²) in [6.45, 7) is 0.469. The van der Waals surface area contributed by atoms with E-state index in [0.717, 1.165) is 11.1 Å². The van der Waals surface area contributed by atoms with Crippen LogP contribution >= 0.6 is 23.2 Å². The van der Waals surface area contributed by atoms with Crippen LogP contribution in [0.15, 0.2) is 41.2 Å². The van der Waals surface area contributed by atoms with E-state index >= 15 is 0 Å². The number of nitro groups is 1. The normalized spacial score (nSPS) is 14.8. The van der Waals surface area contributed by atoms with E-state index in [1.165, 1.54) is 18.2 Å². The van der Waals surface area contributed by atoms with Gasteiger partial charge in [-0.05, 0) is 41.8 Å². The predicted octanol–water partition coefficient (Wildman–Crippen LogP) is 4.56. The Hall–Kier alpha value is -2.70. The van der Waals surface area contributed by atoms with Crippen LogP contribution in [0.1, 0.15) is 17.8 Å². The molecule has 0 bridgehead atoms. The number of aromatic nitrogens is 2. The summed E-state index contributed by atoms with van der Waals surface area (Å²) in [6, 6.07) is 9.33. The maximum absolute atomic E-state index is 12.7. The number of halogens is 2. The summed E-state index contributed by atoms with van der Waals surface area (Å²) in [6.07, 6.45) is 2.51. The number of non-ortho nitro benzene ring substituents is 1. The molecule has 1 aliphatic rings. The van der Waals surface area contributed by atoms with Crippen molar-refractivity contribution in [3.05, 3.63) is 78.3 Å². The van der Waals surface area contributed by atoms with Crippen molar-refractivity contribution < 1.29 is 4.92 Å². The van der Waals surface area contributed by atoms with E-state index in [2.05, 4.69) is 4.98 Å². The van der Waals surface area contributed by atoms with Crippen molar-refractivity contribution >= 4 is 51.4 Å². The van der Waals surface area contributed by atoms with Gasteiger partial charge in [0.2, 0.25) is 0 Å². The first-order valence-electron chi connectivity index (χ1n) is 7.79. The van der Waals surface area contributed by atoms with E-state index in [9.17, 15) is 14.9 Å². The lowest BCUT2D eigenvalue weighted by molar-refractivity contribution is -0.384. The van der Waals surface area contributed by atoms with Crippen LogP contribution in [0.5, 0.6) is 0 Å². The third kappa shape index (κ3) is 2.77. The zero-order valence-corrected chi connectivity index (χ0v) is 14.8. The van der Waals surface area contributed by atoms with Gasteiger partial charge in [0, 0.05) is 28.7 Å². The van der Waals surface area contributed by atoms with Crippen LogP contribution in [0.4, 0.5) is 5.69 Å². The van der Waals surface area contributed by atoms with Gasteiger partial charge in [-0.3, -0.25) is 19.5 Å². The third-order valence-electron chi connectivity index (χ3n) is 4.33. The van der Waals surface area contributed by atoms with Gasteiger partial charge in [0.25, 0.3) is 11.2 Å². The van der Waals surface area contributed by atoms with E-state index in [0.29, 0.717) is 34.4 Å². The van der Waals surface area contributed by atoms with Crippen molar-refractivity contribution in [3.8, 4) is 0 Å². The van der Waals surface area contributed by atoms with Crippen molar-refractivity contribution in [1.29, 1.82) is 0 Å². The van der Waals surface area contributed by atoms with Crippen LogP contribution < -0.4 is 5.56 Å². The standard InChI is InChI=1S/C18H11Cl2N3O3/c19-12-2-1-10(15(20)8-12)7-11-5-6-22-17(11)21-16-4-3-13(23(25)26)9-14(16)18(22)24/h1-4,7-9H,5-6H2/b11-7-. The fourth-order valence-corrected chi connectivity index (χ4v) is 3.53. The largest absolute Gasteiger partial charge is 0.292 e. The van der Waals surface area contributed by atoms with Gasteiger partial charge in [-0.15, -0.1) is 0 Å². The van der Waals surface area contributed by atoms with Crippen molar-refractivity contribution in [2.75, 3.05) is 0 Å². The topological polar surface area (TPSA) is 78.0 Å². The van der Waals surface area contributed by atoms with Gasteiger partial charge in [-0.2, -0.15) is 0 Å². The monoisotopic (exact) mass is 387 g/mol. The fraction of sp³-hybridized carbons (Fsp3) is 0.111. The molecule has 2 aromatic carbocycles. The molecule has 0 radical (unpaired) electrons. The van der Waals surface area contributed by atoms with Crippen LogP contribution in [0.3, 0.4) is 0 Å². The van der Waals surface area contributed by atoms with Crippen LogP contribution in [-0.2, 0) is 6.54 Å². The average molecular weight is 388 g/mol. The number of hydrogen-bond donors (Lipinski definition) is 0. The maximum Gasteiger partial charge on any atom is 0.270 e. The lowest BCUT2D eigenvalue weighted by atomic mass is 10.1. The minimum atomic E-state index is -0.523. The molecule has 0 fully saturated rings. The van der Waals surface area contributed by atoms with Crippen molar-refractivity contribution in [2.45, 2.75) is 13.0 Å². The van der Waals surface area contributed by atoms with Crippen molar-refractivity contribution in [3.63, 3.8) is 0 Å². The van der Waals surface area contributed by atoms with Crippen LogP contribution in [0.2, 0.25) is 10.0 Å². The smallest absolute Gasteiger partial charge is 0.270 e. The second-order valence-electron chi connectivity index (χ2n) is 5.94. The summed E-state index contributed by atoms with van der Waals surface area (Å²) < 4.78 is 1.54. The Morgan fingerprint density at radius 2 is 2.00 bits per heavy atom. The van der Waals surface area contributed by atoms with Gasteiger partial charge < -0.3 is 0 Å². The molecular weight excluding hydrogens is 377 g/mol. The van der Waals surface area contributed by atoms with Crippen LogP contribution in [-0.4, -0.2) is 14.5 Å². The molecule has 0 saturated carbocycles. The second-order valence-corrected chi connectivity index (χ2v) is 6.78. The van der Waals surface area contributed by atoms with Crippen molar-refractivity contribution in [2.24, 2.45) is 0 Å². The first kappa shape index (κ1) is 16.8.